The van der Waals surface area contributed by atoms with Crippen molar-refractivity contribution < 1.29 is 31.9 Å². The first-order valence-corrected chi connectivity index (χ1v) is 16.3. The first kappa shape index (κ1) is 33.9. The molecule has 1 N–H and O–H groups in total. The minimum Gasteiger partial charge on any atom is -0.340 e. The van der Waals surface area contributed by atoms with Crippen LogP contribution in [0.1, 0.15) is 63.2 Å². The molecule has 3 aromatic carbocycles. The van der Waals surface area contributed by atoms with Gasteiger partial charge in [-0.2, -0.15) is 23.5 Å². The van der Waals surface area contributed by atoms with E-state index in [1.165, 1.54) is 44.8 Å². The van der Waals surface area contributed by atoms with E-state index in [9.17, 15) is 37.2 Å². The van der Waals surface area contributed by atoms with Crippen molar-refractivity contribution in [1.82, 2.24) is 20.0 Å². The summed E-state index contributed by atoms with van der Waals surface area (Å²) in [5, 5.41) is 17.2. The van der Waals surface area contributed by atoms with Crippen molar-refractivity contribution in [3.63, 3.8) is 0 Å². The molecule has 0 bridgehead atoms. The molecule has 3 amide bonds. The van der Waals surface area contributed by atoms with Crippen LogP contribution in [0.2, 0.25) is 0 Å². The first-order valence-electron chi connectivity index (χ1n) is 15.5. The highest BCUT2D eigenvalue weighted by Gasteiger charge is 2.44. The second-order valence-corrected chi connectivity index (χ2v) is 12.7. The topological polar surface area (TPSA) is 111 Å². The summed E-state index contributed by atoms with van der Waals surface area (Å²) in [6, 6.07) is 16.4. The molecule has 6 rings (SSSR count). The number of nitrogens with zero attached hydrogens (tertiary/aromatic N) is 5. The van der Waals surface area contributed by atoms with E-state index in [0.29, 0.717) is 46.7 Å². The molecule has 1 fully saturated rings. The highest BCUT2D eigenvalue weighted by atomic mass is 79.9. The minimum atomic E-state index is -4.70. The summed E-state index contributed by atoms with van der Waals surface area (Å²) in [6.07, 6.45) is -3.62. The molecule has 252 valence electrons. The lowest BCUT2D eigenvalue weighted by Gasteiger charge is -2.29. The van der Waals surface area contributed by atoms with Gasteiger partial charge in [-0.3, -0.25) is 19.3 Å². The number of halogens is 5. The number of nitriles is 1. The lowest BCUT2D eigenvalue weighted by Crippen LogP contribution is -2.51. The number of carbonyl (C=O) groups excluding carboxylic acids is 3. The van der Waals surface area contributed by atoms with Crippen molar-refractivity contribution in [3.8, 4) is 11.8 Å². The van der Waals surface area contributed by atoms with E-state index in [1.807, 2.05) is 0 Å². The average molecular weight is 738 g/mol. The minimum absolute atomic E-state index is 0.0142. The molecular weight excluding hydrogens is 708 g/mol. The molecule has 1 saturated heterocycles. The van der Waals surface area contributed by atoms with Crippen LogP contribution in [0.15, 0.2) is 77.3 Å². The van der Waals surface area contributed by atoms with Gasteiger partial charge in [-0.1, -0.05) is 40.2 Å². The van der Waals surface area contributed by atoms with Crippen LogP contribution in [0.3, 0.4) is 0 Å². The number of amides is 3. The number of rotatable bonds is 6. The predicted molar refractivity (Wildman–Crippen MR) is 175 cm³/mol. The summed E-state index contributed by atoms with van der Waals surface area (Å²) in [7, 11) is 0. The first-order chi connectivity index (χ1) is 23.4. The Kier molecular flexibility index (Phi) is 9.30. The Morgan fingerprint density at radius 2 is 1.82 bits per heavy atom. The number of hydrogen-bond acceptors (Lipinski definition) is 5. The van der Waals surface area contributed by atoms with Gasteiger partial charge < -0.3 is 10.2 Å². The van der Waals surface area contributed by atoms with Gasteiger partial charge in [0.15, 0.2) is 5.69 Å². The number of anilines is 1. The average Bonchev–Trinajstić information content (AvgIpc) is 3.69. The lowest BCUT2D eigenvalue weighted by molar-refractivity contribution is -0.137. The van der Waals surface area contributed by atoms with Gasteiger partial charge in [0.25, 0.3) is 17.7 Å². The third-order valence-corrected chi connectivity index (χ3v) is 9.33. The Hall–Kier alpha value is -5.03. The van der Waals surface area contributed by atoms with Crippen LogP contribution in [0.5, 0.6) is 0 Å². The Labute approximate surface area is 287 Å². The molecule has 1 aromatic heterocycles. The number of hydrogen-bond donors (Lipinski definition) is 1. The van der Waals surface area contributed by atoms with E-state index < -0.39 is 53.3 Å². The Morgan fingerprint density at radius 1 is 1.08 bits per heavy atom. The molecule has 3 heterocycles. The second-order valence-electron chi connectivity index (χ2n) is 11.8. The summed E-state index contributed by atoms with van der Waals surface area (Å²) in [6.45, 7) is 2.11. The fourth-order valence-corrected chi connectivity index (χ4v) is 6.87. The number of likely N-dealkylation sites (N-methyl/N-ethyl adjacent to an activating group) is 1. The normalized spacial score (nSPS) is 19.3. The fourth-order valence-electron chi connectivity index (χ4n) is 6.48. The molecule has 9 nitrogen and oxygen atoms in total. The monoisotopic (exact) mass is 736 g/mol. The molecule has 4 aromatic rings. The van der Waals surface area contributed by atoms with E-state index in [1.54, 1.807) is 31.2 Å². The van der Waals surface area contributed by atoms with Crippen molar-refractivity contribution in [3.05, 3.63) is 111 Å². The summed E-state index contributed by atoms with van der Waals surface area (Å²) >= 11 is 3.46. The van der Waals surface area contributed by atoms with Crippen LogP contribution in [0, 0.1) is 17.1 Å². The predicted octanol–water partition coefficient (Wildman–Crippen LogP) is 6.41. The molecule has 2 aliphatic rings. The third-order valence-electron chi connectivity index (χ3n) is 8.84. The molecular formula is C35H29BrF4N6O3. The van der Waals surface area contributed by atoms with E-state index in [2.05, 4.69) is 27.3 Å². The standard InChI is InChI=1S/C35H29BrF4N6O3/c1-2-44-32-28(30(34(49)45-15-5-10-26(45)19-41)43-46(32)25-9-4-8-23(36)17-25)18-27(20-11-13-24(37)14-12-20)29(33(44)48)42-31(47)21-6-3-7-22(16-21)35(38,39)40/h3-4,6-9,11-14,16-17,26-27,29H,2,5,10,15,18H2,1H3,(H,42,47). The summed E-state index contributed by atoms with van der Waals surface area (Å²) in [4.78, 5) is 45.3. The van der Waals surface area contributed by atoms with Crippen LogP contribution < -0.4 is 10.2 Å². The molecule has 0 radical (unpaired) electrons. The number of nitrogens with one attached hydrogen (secondary N) is 1. The Morgan fingerprint density at radius 3 is 2.49 bits per heavy atom. The zero-order valence-electron chi connectivity index (χ0n) is 26.0. The third kappa shape index (κ3) is 6.55. The molecule has 3 unspecified atom stereocenters. The lowest BCUT2D eigenvalue weighted by atomic mass is 9.85. The smallest absolute Gasteiger partial charge is 0.340 e. The van der Waals surface area contributed by atoms with Gasteiger partial charge in [0.2, 0.25) is 0 Å². The number of alkyl halides is 3. The highest BCUT2D eigenvalue weighted by Crippen LogP contribution is 2.40. The zero-order valence-corrected chi connectivity index (χ0v) is 27.6. The number of aromatic nitrogens is 2. The van der Waals surface area contributed by atoms with Gasteiger partial charge in [0, 0.05) is 34.6 Å². The van der Waals surface area contributed by atoms with Crippen molar-refractivity contribution in [2.75, 3.05) is 18.0 Å². The van der Waals surface area contributed by atoms with Crippen LogP contribution in [0.25, 0.3) is 5.69 Å². The van der Waals surface area contributed by atoms with Crippen LogP contribution >= 0.6 is 15.9 Å². The molecule has 3 atom stereocenters. The molecule has 0 saturated carbocycles. The van der Waals surface area contributed by atoms with Gasteiger partial charge >= 0.3 is 6.18 Å². The van der Waals surface area contributed by atoms with Crippen LogP contribution in [-0.2, 0) is 17.4 Å². The number of carbonyl (C=O) groups is 3. The molecule has 2 aliphatic heterocycles. The quantitative estimate of drug-likeness (QED) is 0.230. The number of benzene rings is 3. The maximum Gasteiger partial charge on any atom is 0.416 e. The molecule has 49 heavy (non-hydrogen) atoms. The highest BCUT2D eigenvalue weighted by molar-refractivity contribution is 9.10. The maximum absolute atomic E-state index is 14.6. The van der Waals surface area contributed by atoms with Crippen molar-refractivity contribution in [2.24, 2.45) is 0 Å². The Bertz CT molecular complexity index is 1970. The molecule has 0 spiro atoms. The second kappa shape index (κ2) is 13.5. The van der Waals surface area contributed by atoms with Crippen LogP contribution in [-0.4, -0.2) is 57.6 Å². The van der Waals surface area contributed by atoms with E-state index in [4.69, 9.17) is 5.10 Å². The van der Waals surface area contributed by atoms with Gasteiger partial charge in [0.05, 0.1) is 17.3 Å². The van der Waals surface area contributed by atoms with Gasteiger partial charge in [-0.05, 0) is 80.3 Å². The van der Waals surface area contributed by atoms with E-state index in [-0.39, 0.29) is 30.0 Å². The van der Waals surface area contributed by atoms with Gasteiger partial charge in [-0.15, -0.1) is 0 Å². The van der Waals surface area contributed by atoms with Crippen molar-refractivity contribution in [1.29, 1.82) is 5.26 Å². The van der Waals surface area contributed by atoms with E-state index in [0.717, 1.165) is 12.1 Å². The molecule has 14 heteroatoms. The van der Waals surface area contributed by atoms with E-state index >= 15 is 0 Å². The van der Waals surface area contributed by atoms with Gasteiger partial charge in [0.1, 0.15) is 23.7 Å². The summed E-state index contributed by atoms with van der Waals surface area (Å²) in [5.41, 5.74) is 0.00352. The summed E-state index contributed by atoms with van der Waals surface area (Å²) in [5.74, 6) is -3.21. The van der Waals surface area contributed by atoms with Crippen molar-refractivity contribution >= 4 is 39.5 Å². The fraction of sp³-hybridized carbons (Fsp3) is 0.286. The summed E-state index contributed by atoms with van der Waals surface area (Å²) < 4.78 is 56.9. The SMILES string of the molecule is CCN1C(=O)C(NC(=O)c2cccc(C(F)(F)F)c2)C(c2ccc(F)cc2)Cc2c(C(=O)N3CCCC3C#N)nn(-c3cccc(Br)c3)c21. The zero-order chi connectivity index (χ0) is 35.0. The molecule has 0 aliphatic carbocycles. The number of fused-ring (bicyclic) bond motifs is 1. The van der Waals surface area contributed by atoms with Crippen molar-refractivity contribution in [2.45, 2.75) is 50.4 Å². The number of likely N-dealkylation sites (tertiary alicyclic amines) is 1. The van der Waals surface area contributed by atoms with Crippen LogP contribution in [0.4, 0.5) is 23.4 Å². The largest absolute Gasteiger partial charge is 0.416 e. The van der Waals surface area contributed by atoms with Gasteiger partial charge in [-0.25, -0.2) is 9.07 Å². The Balaban J connectivity index is 1.53. The maximum atomic E-state index is 14.6.